The number of amides is 3. The zero-order valence-electron chi connectivity index (χ0n) is 81.0. The van der Waals surface area contributed by atoms with Crippen LogP contribution in [0.5, 0.6) is 17.2 Å². The van der Waals surface area contributed by atoms with E-state index in [9.17, 15) is 119 Å². The van der Waals surface area contributed by atoms with Gasteiger partial charge in [-0.25, -0.2) is 19.4 Å². The largest absolute Gasteiger partial charge is 1.00 e. The second-order valence-corrected chi connectivity index (χ2v) is 40.2. The van der Waals surface area contributed by atoms with Crippen LogP contribution >= 0.6 is 22.6 Å². The van der Waals surface area contributed by atoms with Crippen LogP contribution in [-0.2, 0) is 93.1 Å². The number of aromatic hydroxyl groups is 3. The molecule has 0 aromatic heterocycles. The standard InChI is InChI=1S/C29H40N4O7.C24H27N3O8.C23H26IN3O7.2C5H13N.C4H6O4.C2H4O2.B.Na/c1-28(2,3)12-31-11-14-10-17(32(4)5)15-8-13-9-16-21(33(6)7)24(36)20(27(30)39)26(38)29(16,40)25(37)18(13)23(35)19(15)22(14)34;1-26(2)13-7-10(8-28)18(29)15-11(13)5-9-6-12-17(27(3)4)20(31)16(23(25)34)22(33)24(12,35)21(32)14(9)19(15)30;1-26(2)12-7-11(24)17(28)14-9(12)5-8-6-10-16(27(3)4)19(30)15(22(25)33)21(32)23(10,34)20(31)13(8)18(14)29;2*1-5(2,3)4-6;1-3(5)7-8-4(2)6;1-2(3)4;;/h10,13,16,21,31,34-35,38,40H,8-9,11-12H2,1-7H3,(H2,30,39);7-9,12,17,29-30,33,35H,5-6H2,1-4H3,(H2,25,34);7-8,10,16,28-29,32,34H,5-6H2,1-4H3,(H2,25,33);2*4,6H2,1-3H3;1-2H3;1H3,(H,3,4);;/q;;;;;;;;+1/p-1/t13-,16-,21-,29-;9-,12-,17-,24-;8-,10-,16-,23-;;;;;;/m000....../s1. The van der Waals surface area contributed by atoms with Crippen molar-refractivity contribution >= 4 is 142 Å². The molecule has 40 nitrogen and oxygen atoms in total. The van der Waals surface area contributed by atoms with Gasteiger partial charge in [0.25, 0.3) is 17.7 Å². The zero-order valence-corrected chi connectivity index (χ0v) is 85.2. The van der Waals surface area contributed by atoms with Crippen molar-refractivity contribution in [2.75, 3.05) is 119 Å². The molecule has 12 rings (SSSR count). The molecule has 3 aromatic carbocycles. The van der Waals surface area contributed by atoms with E-state index in [4.69, 9.17) is 38.6 Å². The molecule has 3 aromatic rings. The summed E-state index contributed by atoms with van der Waals surface area (Å²) in [6.07, 6.45) is 1.17. The number of primary amides is 3. The molecule has 3 saturated carbocycles. The molecule has 0 heterocycles. The van der Waals surface area contributed by atoms with Crippen molar-refractivity contribution in [2.24, 2.45) is 80.4 Å². The minimum atomic E-state index is -2.70. The van der Waals surface area contributed by atoms with Crippen LogP contribution < -0.4 is 83.3 Å². The number of phenols is 3. The number of nitrogens with zero attached hydrogens (tertiary/aromatic N) is 6. The van der Waals surface area contributed by atoms with Gasteiger partial charge in [-0.05, 0) is 192 Å². The summed E-state index contributed by atoms with van der Waals surface area (Å²) >= 11 is 1.92. The Hall–Kier alpha value is -10.4. The smallest absolute Gasteiger partial charge is 0.550 e. The molecule has 9 aliphatic carbocycles. The molecule has 0 bridgehead atoms. The number of nitrogens with one attached hydrogen (secondary N) is 1. The van der Waals surface area contributed by atoms with Gasteiger partial charge in [0.2, 0.25) is 17.3 Å². The van der Waals surface area contributed by atoms with Gasteiger partial charge in [-0.2, -0.15) is 0 Å². The third-order valence-electron chi connectivity index (χ3n) is 24.2. The number of phenolic OH excluding ortho intramolecular Hbond substituents is 3. The number of rotatable bonds is 13. The number of aldehydes is 1. The summed E-state index contributed by atoms with van der Waals surface area (Å²) < 4.78 is 0.459. The van der Waals surface area contributed by atoms with Gasteiger partial charge >= 0.3 is 41.5 Å². The first-order valence-electron chi connectivity index (χ1n) is 42.3. The molecule has 0 unspecified atom stereocenters. The minimum absolute atomic E-state index is 0. The average molecular weight is 2010 g/mol. The first-order valence-corrected chi connectivity index (χ1v) is 43.4. The first-order chi connectivity index (χ1) is 60.9. The molecular weight excluding hydrogens is 1880 g/mol. The maximum absolute atomic E-state index is 14.0. The van der Waals surface area contributed by atoms with Crippen molar-refractivity contribution in [3.8, 4) is 17.2 Å². The molecule has 23 N–H and O–H groups in total. The predicted octanol–water partition coefficient (Wildman–Crippen LogP) is -0.968. The maximum Gasteiger partial charge on any atom is 1.00 e. The van der Waals surface area contributed by atoms with Gasteiger partial charge < -0.3 is 120 Å². The molecule has 0 saturated heterocycles. The van der Waals surface area contributed by atoms with E-state index >= 15 is 0 Å². The molecule has 0 aliphatic heterocycles. The number of hydrogen-bond acceptors (Lipinski definition) is 37. The number of hydrogen-bond donors (Lipinski definition) is 18. The number of carbonyl (C=O) groups excluding carboxylic acids is 13. The first kappa shape index (κ1) is 117. The van der Waals surface area contributed by atoms with E-state index in [0.29, 0.717) is 61.7 Å². The quantitative estimate of drug-likeness (QED) is 0.0244. The van der Waals surface area contributed by atoms with Crippen molar-refractivity contribution < 1.29 is 168 Å². The number of anilines is 3. The minimum Gasteiger partial charge on any atom is -0.550 e. The number of aliphatic hydroxyl groups excluding tert-OH is 6. The van der Waals surface area contributed by atoms with Crippen LogP contribution in [0.2, 0.25) is 0 Å². The molecule has 735 valence electrons. The van der Waals surface area contributed by atoms with Gasteiger partial charge in [0.15, 0.2) is 40.4 Å². The number of likely N-dealkylation sites (N-methyl/N-ethyl adjacent to an activating group) is 3. The summed E-state index contributed by atoms with van der Waals surface area (Å²) in [4.78, 5) is 175. The molecule has 3 amide bonds. The van der Waals surface area contributed by atoms with Gasteiger partial charge in [0, 0.05) is 141 Å². The van der Waals surface area contributed by atoms with Crippen LogP contribution in [0.4, 0.5) is 17.1 Å². The topological polar surface area (TPSA) is 668 Å². The number of aliphatic carboxylic acids is 1. The summed E-state index contributed by atoms with van der Waals surface area (Å²) in [5.74, 6) is -22.8. The summed E-state index contributed by atoms with van der Waals surface area (Å²) in [6.45, 7) is 24.7. The molecular formula is C92H128BIN12NaO28. The Bertz CT molecular complexity index is 5410. The predicted molar refractivity (Wildman–Crippen MR) is 502 cm³/mol. The number of Topliss-reactive ketones (excluding diaryl/α,β-unsaturated/α-hetero) is 6. The van der Waals surface area contributed by atoms with E-state index < -0.39 is 198 Å². The third kappa shape index (κ3) is 23.4. The second-order valence-electron chi connectivity index (χ2n) is 39.0. The van der Waals surface area contributed by atoms with Gasteiger partial charge in [-0.15, -0.1) is 0 Å². The number of carbonyl (C=O) groups is 13. The Labute approximate surface area is 821 Å². The number of aliphatic hydroxyl groups is 9. The van der Waals surface area contributed by atoms with Crippen LogP contribution in [-0.4, -0.2) is 300 Å². The Balaban J connectivity index is 0.000000374. The fourth-order valence-corrected chi connectivity index (χ4v) is 18.6. The van der Waals surface area contributed by atoms with Crippen LogP contribution in [0, 0.1) is 55.3 Å². The molecule has 12 atom stereocenters. The molecule has 0 spiro atoms. The van der Waals surface area contributed by atoms with E-state index in [-0.39, 0.29) is 132 Å². The van der Waals surface area contributed by atoms with Crippen LogP contribution in [0.25, 0.3) is 17.3 Å². The number of halogens is 1. The van der Waals surface area contributed by atoms with Crippen LogP contribution in [0.1, 0.15) is 152 Å². The summed E-state index contributed by atoms with van der Waals surface area (Å²) in [5.41, 5.74) is 20.4. The summed E-state index contributed by atoms with van der Waals surface area (Å²) in [7, 11) is 20.1. The molecule has 43 heteroatoms. The SMILES string of the molecule is CC(=O)OOC(C)=O.CC(=O)[O-].CC(C)(C)CN.CC(C)(C)CN.CN(C)c1cc(C=O)c(O)c2c1C[C@H]1C[C@H]3[C@H](N(C)C)C(=O)C(C(N)=O)=C(O)[C@@]3(O)C(=O)C1=C2O.CN(C)c1cc(CNCC(C)(C)C)c(O)c2c1C[C@H]1C[C@H]3[C@H](N(C)C)C(=O)C(C(N)=O)=C(O)[C@@]3(O)C(=O)C1=C2O.CN(C)c1cc(I)c(O)c2c1C[C@H]1C[C@H]3[C@H](N(C)C)C(=O)C(C(N)=O)=C(O)[C@@]3(O)C(=O)C1=C2O.[B].[Na+]. The fraction of sp³-hybridized carbons (Fsp3) is 0.533. The van der Waals surface area contributed by atoms with Crippen LogP contribution in [0.3, 0.4) is 0 Å². The molecule has 135 heavy (non-hydrogen) atoms. The molecule has 3 radical (unpaired) electrons. The summed E-state index contributed by atoms with van der Waals surface area (Å²) in [6, 6.07) is 1.73. The maximum atomic E-state index is 14.0. The van der Waals surface area contributed by atoms with E-state index in [1.807, 2.05) is 66.6 Å². The molecule has 9 aliphatic rings. The number of carboxylic acid groups (broad SMARTS) is 1. The van der Waals surface area contributed by atoms with Crippen molar-refractivity contribution in [1.29, 1.82) is 0 Å². The monoisotopic (exact) mass is 2010 g/mol. The van der Waals surface area contributed by atoms with E-state index in [1.165, 1.54) is 34.9 Å². The second kappa shape index (κ2) is 44.4. The fourth-order valence-electron chi connectivity index (χ4n) is 18.0. The van der Waals surface area contributed by atoms with Crippen molar-refractivity contribution in [3.05, 3.63) is 117 Å². The Kier molecular flexibility index (Phi) is 38.5. The normalized spacial score (nSPS) is 24.1. The average Bonchev–Trinajstić information content (AvgIpc) is 0.705. The summed E-state index contributed by atoms with van der Waals surface area (Å²) in [5, 5.41) is 147. The number of fused-ring (bicyclic) bond motifs is 9. The van der Waals surface area contributed by atoms with Gasteiger partial charge in [-0.3, -0.25) is 62.6 Å². The number of carboxylic acids is 1. The van der Waals surface area contributed by atoms with Crippen molar-refractivity contribution in [1.82, 2.24) is 20.0 Å². The number of nitrogens with two attached hydrogens (primary N) is 5. The zero-order chi connectivity index (χ0) is 102. The van der Waals surface area contributed by atoms with Gasteiger partial charge in [-0.1, -0.05) is 62.3 Å². The third-order valence-corrected chi connectivity index (χ3v) is 25.0. The van der Waals surface area contributed by atoms with Crippen LogP contribution in [0.15, 0.2) is 68.9 Å². The number of ketones is 6. The van der Waals surface area contributed by atoms with E-state index in [1.54, 1.807) is 53.3 Å². The van der Waals surface area contributed by atoms with Gasteiger partial charge in [0.05, 0.1) is 43.9 Å². The number of benzene rings is 3. The van der Waals surface area contributed by atoms with E-state index in [2.05, 4.69) is 77.4 Å². The van der Waals surface area contributed by atoms with Gasteiger partial charge in [0.1, 0.15) is 68.5 Å². The van der Waals surface area contributed by atoms with Crippen molar-refractivity contribution in [2.45, 2.75) is 163 Å². The molecule has 3 fully saturated rings. The van der Waals surface area contributed by atoms with Crippen molar-refractivity contribution in [3.63, 3.8) is 0 Å². The Morgan fingerprint density at radius 2 is 0.733 bits per heavy atom. The Morgan fingerprint density at radius 3 is 0.970 bits per heavy atom. The van der Waals surface area contributed by atoms with E-state index in [0.717, 1.165) is 45.2 Å². The Morgan fingerprint density at radius 1 is 0.474 bits per heavy atom.